The van der Waals surface area contributed by atoms with E-state index in [4.69, 9.17) is 4.74 Å². The molecule has 3 nitrogen and oxygen atoms in total. The summed E-state index contributed by atoms with van der Waals surface area (Å²) in [7, 11) is 0. The number of fused-ring (bicyclic) bond motifs is 1. The van der Waals surface area contributed by atoms with Crippen LogP contribution in [-0.2, 0) is 6.61 Å². The van der Waals surface area contributed by atoms with Gasteiger partial charge in [0, 0.05) is 5.56 Å². The zero-order valence-corrected chi connectivity index (χ0v) is 13.2. The van der Waals surface area contributed by atoms with Gasteiger partial charge >= 0.3 is 0 Å². The van der Waals surface area contributed by atoms with Crippen molar-refractivity contribution in [1.29, 1.82) is 0 Å². The summed E-state index contributed by atoms with van der Waals surface area (Å²) in [4.78, 5) is 7.82. The molecular formula is C20H14F2N2O. The van der Waals surface area contributed by atoms with Crippen molar-refractivity contribution in [1.82, 2.24) is 9.97 Å². The molecule has 1 N–H and O–H groups in total. The molecule has 5 heteroatoms. The van der Waals surface area contributed by atoms with E-state index in [0.29, 0.717) is 11.3 Å². The molecule has 0 spiro atoms. The van der Waals surface area contributed by atoms with Crippen LogP contribution in [0.25, 0.3) is 22.4 Å². The molecule has 4 aromatic rings. The molecule has 1 aromatic heterocycles. The molecule has 4 rings (SSSR count). The van der Waals surface area contributed by atoms with E-state index in [1.54, 1.807) is 0 Å². The average molecular weight is 336 g/mol. The molecule has 1 heterocycles. The Morgan fingerprint density at radius 3 is 2.44 bits per heavy atom. The summed E-state index contributed by atoms with van der Waals surface area (Å²) in [5.41, 5.74) is 3.41. The lowest BCUT2D eigenvalue weighted by Crippen LogP contribution is -1.97. The van der Waals surface area contributed by atoms with Crippen molar-refractivity contribution in [2.75, 3.05) is 0 Å². The molecule has 0 amide bonds. The number of para-hydroxylation sites is 2. The Hall–Kier alpha value is -3.21. The summed E-state index contributed by atoms with van der Waals surface area (Å²) in [6.45, 7) is 0.168. The molecular weight excluding hydrogens is 322 g/mol. The molecule has 0 aliphatic carbocycles. The fourth-order valence-electron chi connectivity index (χ4n) is 2.59. The molecule has 0 saturated carbocycles. The zero-order valence-electron chi connectivity index (χ0n) is 13.2. The minimum absolute atomic E-state index is 0.168. The van der Waals surface area contributed by atoms with Crippen molar-refractivity contribution in [2.24, 2.45) is 0 Å². The number of aromatic amines is 1. The van der Waals surface area contributed by atoms with Crippen LogP contribution in [-0.4, -0.2) is 9.97 Å². The Labute approximate surface area is 142 Å². The van der Waals surface area contributed by atoms with Gasteiger partial charge in [-0.1, -0.05) is 18.2 Å². The first-order chi connectivity index (χ1) is 12.2. The first-order valence-corrected chi connectivity index (χ1v) is 7.81. The second kappa shape index (κ2) is 6.36. The van der Waals surface area contributed by atoms with E-state index in [1.807, 2.05) is 48.5 Å². The summed E-state index contributed by atoms with van der Waals surface area (Å²) >= 11 is 0. The Morgan fingerprint density at radius 1 is 0.880 bits per heavy atom. The van der Waals surface area contributed by atoms with E-state index in [2.05, 4.69) is 9.97 Å². The molecule has 0 aliphatic heterocycles. The predicted molar refractivity (Wildman–Crippen MR) is 92.2 cm³/mol. The van der Waals surface area contributed by atoms with Crippen molar-refractivity contribution >= 4 is 11.0 Å². The number of hydrogen-bond acceptors (Lipinski definition) is 2. The van der Waals surface area contributed by atoms with Crippen molar-refractivity contribution in [3.8, 4) is 17.1 Å². The number of benzene rings is 3. The Bertz CT molecular complexity index is 992. The van der Waals surface area contributed by atoms with E-state index < -0.39 is 11.6 Å². The maximum Gasteiger partial charge on any atom is 0.159 e. The van der Waals surface area contributed by atoms with Crippen LogP contribution in [0.5, 0.6) is 5.75 Å². The summed E-state index contributed by atoms with van der Waals surface area (Å²) < 4.78 is 31.7. The van der Waals surface area contributed by atoms with E-state index >= 15 is 0 Å². The predicted octanol–water partition coefficient (Wildman–Crippen LogP) is 5.09. The summed E-state index contributed by atoms with van der Waals surface area (Å²) in [5, 5.41) is 0. The minimum atomic E-state index is -0.874. The number of nitrogens with one attached hydrogen (secondary N) is 1. The van der Waals surface area contributed by atoms with Gasteiger partial charge in [-0.3, -0.25) is 0 Å². The Morgan fingerprint density at radius 2 is 1.68 bits per heavy atom. The molecule has 0 aliphatic rings. The second-order valence-electron chi connectivity index (χ2n) is 5.66. The van der Waals surface area contributed by atoms with Crippen LogP contribution in [0, 0.1) is 11.6 Å². The quantitative estimate of drug-likeness (QED) is 0.564. The van der Waals surface area contributed by atoms with E-state index in [-0.39, 0.29) is 6.61 Å². The van der Waals surface area contributed by atoms with Gasteiger partial charge in [-0.05, 0) is 54.1 Å². The lowest BCUT2D eigenvalue weighted by atomic mass is 10.2. The fourth-order valence-corrected chi connectivity index (χ4v) is 2.59. The van der Waals surface area contributed by atoms with Gasteiger partial charge in [-0.25, -0.2) is 13.8 Å². The fraction of sp³-hybridized carbons (Fsp3) is 0.0500. The van der Waals surface area contributed by atoms with Crippen molar-refractivity contribution in [3.63, 3.8) is 0 Å². The van der Waals surface area contributed by atoms with Gasteiger partial charge in [0.25, 0.3) is 0 Å². The van der Waals surface area contributed by atoms with Gasteiger partial charge in [-0.2, -0.15) is 0 Å². The largest absolute Gasteiger partial charge is 0.489 e. The highest BCUT2D eigenvalue weighted by molar-refractivity contribution is 5.79. The monoisotopic (exact) mass is 336 g/mol. The Kier molecular flexibility index (Phi) is 3.90. The SMILES string of the molecule is Fc1ccc(COc2ccc(-c3nc4ccccc4[nH]3)cc2)cc1F. The van der Waals surface area contributed by atoms with Gasteiger partial charge in [-0.15, -0.1) is 0 Å². The first kappa shape index (κ1) is 15.3. The van der Waals surface area contributed by atoms with E-state index in [1.165, 1.54) is 6.07 Å². The molecule has 0 saturated heterocycles. The number of imidazole rings is 1. The number of halogens is 2. The summed E-state index contributed by atoms with van der Waals surface area (Å²) in [5.74, 6) is -0.307. The molecule has 25 heavy (non-hydrogen) atoms. The number of ether oxygens (including phenoxy) is 1. The number of rotatable bonds is 4. The van der Waals surface area contributed by atoms with Crippen LogP contribution in [0.15, 0.2) is 66.7 Å². The normalized spacial score (nSPS) is 11.0. The maximum atomic E-state index is 13.2. The van der Waals surface area contributed by atoms with Crippen molar-refractivity contribution in [2.45, 2.75) is 6.61 Å². The van der Waals surface area contributed by atoms with Crippen LogP contribution in [0.2, 0.25) is 0 Å². The van der Waals surface area contributed by atoms with Crippen LogP contribution in [0.1, 0.15) is 5.56 Å². The Balaban J connectivity index is 1.48. The van der Waals surface area contributed by atoms with Crippen LogP contribution in [0.4, 0.5) is 8.78 Å². The molecule has 3 aromatic carbocycles. The third kappa shape index (κ3) is 3.21. The first-order valence-electron chi connectivity index (χ1n) is 7.81. The zero-order chi connectivity index (χ0) is 17.2. The van der Waals surface area contributed by atoms with Crippen LogP contribution in [0.3, 0.4) is 0 Å². The van der Waals surface area contributed by atoms with E-state index in [9.17, 15) is 8.78 Å². The van der Waals surface area contributed by atoms with Gasteiger partial charge in [0.15, 0.2) is 11.6 Å². The van der Waals surface area contributed by atoms with Crippen LogP contribution >= 0.6 is 0 Å². The number of hydrogen-bond donors (Lipinski definition) is 1. The van der Waals surface area contributed by atoms with Crippen molar-refractivity contribution < 1.29 is 13.5 Å². The lowest BCUT2D eigenvalue weighted by Gasteiger charge is -2.07. The second-order valence-corrected chi connectivity index (χ2v) is 5.66. The topological polar surface area (TPSA) is 37.9 Å². The molecule has 0 bridgehead atoms. The molecule has 124 valence electrons. The molecule has 0 unspecified atom stereocenters. The number of nitrogens with zero attached hydrogens (tertiary/aromatic N) is 1. The highest BCUT2D eigenvalue weighted by Crippen LogP contribution is 2.23. The minimum Gasteiger partial charge on any atom is -0.489 e. The smallest absolute Gasteiger partial charge is 0.159 e. The van der Waals surface area contributed by atoms with E-state index in [0.717, 1.165) is 34.6 Å². The molecule has 0 fully saturated rings. The van der Waals surface area contributed by atoms with Gasteiger partial charge in [0.2, 0.25) is 0 Å². The summed E-state index contributed by atoms with van der Waals surface area (Å²) in [6, 6.07) is 19.0. The van der Waals surface area contributed by atoms with Gasteiger partial charge < -0.3 is 9.72 Å². The van der Waals surface area contributed by atoms with Gasteiger partial charge in [0.05, 0.1) is 11.0 Å². The highest BCUT2D eigenvalue weighted by Gasteiger charge is 2.06. The van der Waals surface area contributed by atoms with Crippen molar-refractivity contribution in [3.05, 3.63) is 83.9 Å². The van der Waals surface area contributed by atoms with Gasteiger partial charge in [0.1, 0.15) is 18.2 Å². The highest BCUT2D eigenvalue weighted by atomic mass is 19.2. The third-order valence-electron chi connectivity index (χ3n) is 3.91. The maximum absolute atomic E-state index is 13.2. The standard InChI is InChI=1S/C20H14F2N2O/c21-16-10-5-13(11-17(16)22)12-25-15-8-6-14(7-9-15)20-23-18-3-1-2-4-19(18)24-20/h1-11H,12H2,(H,23,24). The molecule has 0 radical (unpaired) electrons. The number of aromatic nitrogens is 2. The molecule has 0 atom stereocenters. The summed E-state index contributed by atoms with van der Waals surface area (Å²) in [6.07, 6.45) is 0. The third-order valence-corrected chi connectivity index (χ3v) is 3.91. The lowest BCUT2D eigenvalue weighted by molar-refractivity contribution is 0.305. The number of H-pyrrole nitrogens is 1. The van der Waals surface area contributed by atoms with Crippen LogP contribution < -0.4 is 4.74 Å². The average Bonchev–Trinajstić information content (AvgIpc) is 3.07.